The van der Waals surface area contributed by atoms with Crippen LogP contribution in [0.4, 0.5) is 0 Å². The number of rotatable bonds is 8. The number of hydrogen-bond acceptors (Lipinski definition) is 6. The summed E-state index contributed by atoms with van der Waals surface area (Å²) in [7, 11) is 3.13. The Morgan fingerprint density at radius 1 is 0.852 bits per heavy atom. The van der Waals surface area contributed by atoms with Gasteiger partial charge < -0.3 is 9.47 Å². The van der Waals surface area contributed by atoms with Crippen molar-refractivity contribution >= 4 is 24.2 Å². The molecule has 0 saturated carbocycles. The molecule has 0 radical (unpaired) electrons. The minimum Gasteiger partial charge on any atom is -0.497 e. The van der Waals surface area contributed by atoms with Crippen LogP contribution in [0, 0.1) is 0 Å². The molecule has 0 unspecified atom stereocenters. The molecule has 2 N–H and O–H groups in total. The smallest absolute Gasteiger partial charge is 0.249 e. The van der Waals surface area contributed by atoms with Crippen LogP contribution in [0.25, 0.3) is 0 Å². The lowest BCUT2D eigenvalue weighted by Crippen LogP contribution is -2.27. The van der Waals surface area contributed by atoms with Crippen LogP contribution in [-0.2, 0) is 9.59 Å². The molecule has 0 aromatic heterocycles. The molecule has 2 rings (SSSR count). The number of nitrogens with one attached hydrogen (secondary N) is 2. The summed E-state index contributed by atoms with van der Waals surface area (Å²) in [5.41, 5.74) is 6.07. The van der Waals surface area contributed by atoms with E-state index in [4.69, 9.17) is 9.47 Å². The first kappa shape index (κ1) is 19.6. The third kappa shape index (κ3) is 6.99. The van der Waals surface area contributed by atoms with Gasteiger partial charge in [0.15, 0.2) is 0 Å². The summed E-state index contributed by atoms with van der Waals surface area (Å²) in [4.78, 5) is 23.4. The third-order valence-corrected chi connectivity index (χ3v) is 3.31. The van der Waals surface area contributed by atoms with E-state index in [9.17, 15) is 9.59 Å². The number of amides is 2. The number of hydrazone groups is 2. The van der Waals surface area contributed by atoms with E-state index in [1.165, 1.54) is 12.4 Å². The standard InChI is InChI=1S/C19H20N4O4/c1-26-16-7-3-5-14(9-16)12-20-22-18(24)11-19(25)23-21-13-15-6-4-8-17(10-15)27-2/h3-10,12-13H,11H2,1-2H3,(H,22,24)(H,23,25)/b20-12-,21-13-. The molecule has 0 fully saturated rings. The van der Waals surface area contributed by atoms with E-state index < -0.39 is 18.2 Å². The van der Waals surface area contributed by atoms with Crippen LogP contribution in [0.1, 0.15) is 17.5 Å². The van der Waals surface area contributed by atoms with Crippen molar-refractivity contribution in [1.82, 2.24) is 10.9 Å². The maximum atomic E-state index is 11.7. The highest BCUT2D eigenvalue weighted by Gasteiger charge is 2.07. The predicted molar refractivity (Wildman–Crippen MR) is 102 cm³/mol. The second kappa shape index (κ2) is 10.3. The molecule has 140 valence electrons. The Bertz CT molecular complexity index is 780. The fourth-order valence-corrected chi connectivity index (χ4v) is 2.03. The van der Waals surface area contributed by atoms with Crippen LogP contribution < -0.4 is 20.3 Å². The van der Waals surface area contributed by atoms with E-state index in [0.717, 1.165) is 11.1 Å². The number of carbonyl (C=O) groups is 2. The van der Waals surface area contributed by atoms with Crippen molar-refractivity contribution in [3.05, 3.63) is 59.7 Å². The molecule has 0 spiro atoms. The van der Waals surface area contributed by atoms with Gasteiger partial charge in [-0.2, -0.15) is 10.2 Å². The molecule has 0 bridgehead atoms. The zero-order chi connectivity index (χ0) is 19.5. The van der Waals surface area contributed by atoms with Gasteiger partial charge in [0.05, 0.1) is 26.6 Å². The predicted octanol–water partition coefficient (Wildman–Crippen LogP) is 1.69. The van der Waals surface area contributed by atoms with Gasteiger partial charge in [0, 0.05) is 0 Å². The van der Waals surface area contributed by atoms with Gasteiger partial charge in [-0.25, -0.2) is 10.9 Å². The minimum absolute atomic E-state index is 0.398. The number of ether oxygens (including phenoxy) is 2. The highest BCUT2D eigenvalue weighted by atomic mass is 16.5. The Hall–Kier alpha value is -3.68. The summed E-state index contributed by atoms with van der Waals surface area (Å²) in [5.74, 6) is 0.253. The average molecular weight is 368 g/mol. The fraction of sp³-hybridized carbons (Fsp3) is 0.158. The highest BCUT2D eigenvalue weighted by Crippen LogP contribution is 2.11. The Labute approximate surface area is 156 Å². The van der Waals surface area contributed by atoms with Crippen LogP contribution in [0.5, 0.6) is 11.5 Å². The summed E-state index contributed by atoms with van der Waals surface area (Å²) in [6.45, 7) is 0. The average Bonchev–Trinajstić information content (AvgIpc) is 2.68. The monoisotopic (exact) mass is 368 g/mol. The van der Waals surface area contributed by atoms with E-state index in [-0.39, 0.29) is 0 Å². The molecule has 0 aliphatic heterocycles. The molecule has 27 heavy (non-hydrogen) atoms. The topological polar surface area (TPSA) is 101 Å². The highest BCUT2D eigenvalue weighted by molar-refractivity contribution is 5.97. The van der Waals surface area contributed by atoms with Crippen molar-refractivity contribution in [2.24, 2.45) is 10.2 Å². The molecule has 0 aliphatic carbocycles. The van der Waals surface area contributed by atoms with Crippen molar-refractivity contribution in [2.75, 3.05) is 14.2 Å². The Balaban J connectivity index is 1.76. The van der Waals surface area contributed by atoms with E-state index in [1.807, 2.05) is 0 Å². The van der Waals surface area contributed by atoms with Crippen LogP contribution in [0.3, 0.4) is 0 Å². The van der Waals surface area contributed by atoms with Crippen LogP contribution in [0.15, 0.2) is 58.7 Å². The lowest BCUT2D eigenvalue weighted by Gasteiger charge is -2.01. The molecule has 0 heterocycles. The fourth-order valence-electron chi connectivity index (χ4n) is 2.03. The molecule has 8 heteroatoms. The zero-order valence-electron chi connectivity index (χ0n) is 15.0. The zero-order valence-corrected chi connectivity index (χ0v) is 15.0. The van der Waals surface area contributed by atoms with Crippen LogP contribution >= 0.6 is 0 Å². The lowest BCUT2D eigenvalue weighted by atomic mass is 10.2. The van der Waals surface area contributed by atoms with Crippen molar-refractivity contribution in [3.63, 3.8) is 0 Å². The van der Waals surface area contributed by atoms with Gasteiger partial charge in [-0.05, 0) is 35.4 Å². The number of carbonyl (C=O) groups excluding carboxylic acids is 2. The molecule has 2 aromatic carbocycles. The number of nitrogens with zero attached hydrogens (tertiary/aromatic N) is 2. The SMILES string of the molecule is COc1cccc(/C=N\NC(=O)CC(=O)N/N=C\c2cccc(OC)c2)c1. The van der Waals surface area contributed by atoms with E-state index >= 15 is 0 Å². The maximum Gasteiger partial charge on any atom is 0.249 e. The van der Waals surface area contributed by atoms with Crippen molar-refractivity contribution in [2.45, 2.75) is 6.42 Å². The summed E-state index contributed by atoms with van der Waals surface area (Å²) in [6.07, 6.45) is 2.52. The molecule has 2 amide bonds. The summed E-state index contributed by atoms with van der Waals surface area (Å²) >= 11 is 0. The Kier molecular flexibility index (Phi) is 7.52. The molecule has 8 nitrogen and oxygen atoms in total. The Morgan fingerprint density at radius 3 is 1.70 bits per heavy atom. The van der Waals surface area contributed by atoms with Gasteiger partial charge in [-0.3, -0.25) is 9.59 Å². The third-order valence-electron chi connectivity index (χ3n) is 3.31. The van der Waals surface area contributed by atoms with E-state index in [1.54, 1.807) is 62.8 Å². The molecule has 0 atom stereocenters. The van der Waals surface area contributed by atoms with Gasteiger partial charge in [-0.15, -0.1) is 0 Å². The summed E-state index contributed by atoms with van der Waals surface area (Å²) in [5, 5.41) is 7.61. The number of methoxy groups -OCH3 is 2. The quantitative estimate of drug-likeness (QED) is 0.421. The number of benzene rings is 2. The Morgan fingerprint density at radius 2 is 1.30 bits per heavy atom. The van der Waals surface area contributed by atoms with Crippen molar-refractivity contribution < 1.29 is 19.1 Å². The first-order valence-corrected chi connectivity index (χ1v) is 8.02. The van der Waals surface area contributed by atoms with Gasteiger partial charge >= 0.3 is 0 Å². The van der Waals surface area contributed by atoms with Crippen LogP contribution in [-0.4, -0.2) is 38.5 Å². The molecular weight excluding hydrogens is 348 g/mol. The van der Waals surface area contributed by atoms with Gasteiger partial charge in [0.25, 0.3) is 0 Å². The molecular formula is C19H20N4O4. The normalized spacial score (nSPS) is 10.7. The van der Waals surface area contributed by atoms with Crippen molar-refractivity contribution in [1.29, 1.82) is 0 Å². The second-order valence-electron chi connectivity index (χ2n) is 5.32. The summed E-state index contributed by atoms with van der Waals surface area (Å²) < 4.78 is 10.2. The first-order chi connectivity index (χ1) is 13.1. The largest absolute Gasteiger partial charge is 0.497 e. The van der Waals surface area contributed by atoms with Gasteiger partial charge in [0.2, 0.25) is 11.8 Å². The molecule has 0 aliphatic rings. The van der Waals surface area contributed by atoms with Gasteiger partial charge in [-0.1, -0.05) is 24.3 Å². The minimum atomic E-state index is -0.553. The second-order valence-corrected chi connectivity index (χ2v) is 5.32. The van der Waals surface area contributed by atoms with Crippen molar-refractivity contribution in [3.8, 4) is 11.5 Å². The molecule has 2 aromatic rings. The summed E-state index contributed by atoms with van der Waals surface area (Å²) in [6, 6.07) is 14.3. The molecule has 0 saturated heterocycles. The van der Waals surface area contributed by atoms with E-state index in [0.29, 0.717) is 11.5 Å². The van der Waals surface area contributed by atoms with E-state index in [2.05, 4.69) is 21.1 Å². The maximum absolute atomic E-state index is 11.7. The van der Waals surface area contributed by atoms with Crippen LogP contribution in [0.2, 0.25) is 0 Å². The van der Waals surface area contributed by atoms with Gasteiger partial charge in [0.1, 0.15) is 17.9 Å². The first-order valence-electron chi connectivity index (χ1n) is 8.02. The lowest BCUT2D eigenvalue weighted by molar-refractivity contribution is -0.129. The number of hydrogen-bond donors (Lipinski definition) is 2.